The Kier molecular flexibility index (Phi) is 17.9. The fraction of sp³-hybridized carbons (Fsp3) is 0.692. The van der Waals surface area contributed by atoms with Gasteiger partial charge in [0, 0.05) is 6.42 Å². The minimum atomic E-state index is -1.76. The number of ketones is 2. The van der Waals surface area contributed by atoms with Gasteiger partial charge in [-0.2, -0.15) is 0 Å². The van der Waals surface area contributed by atoms with Crippen molar-refractivity contribution in [2.24, 2.45) is 23.3 Å². The van der Waals surface area contributed by atoms with E-state index in [0.717, 1.165) is 0 Å². The summed E-state index contributed by atoms with van der Waals surface area (Å²) < 4.78 is 0. The molecule has 10 N–H and O–H groups in total. The first kappa shape index (κ1) is 39.4. The molecule has 17 heteroatoms. The summed E-state index contributed by atoms with van der Waals surface area (Å²) in [6, 6.07) is -7.11. The number of aliphatic carboxylic acids is 1. The largest absolute Gasteiger partial charge is 0.481 e. The molecule has 16 nitrogen and oxygen atoms in total. The standard InChI is InChI=1S/C26H43ClN6O10/c1-5-13(4)21(29)26(43)33-17(11-34)25(42)30-14(6-7-19(28)36)23(40)32-16(8-12(2)3)24(41)31-15(9-20(37)38)22(39)18(35)10-27/h12-17,21,34H,5-11,29H2,1-4H3,(H2,28,36)(H,30,42)(H,31,41)(H,32,40)(H,33,43)(H,37,38)/t13-,14-,15-,16-,17-,21-/m0/s1. The molecule has 0 aliphatic heterocycles. The normalized spacial score (nSPS) is 15.2. The number of nitrogens with two attached hydrogens (primary N) is 2. The minimum absolute atomic E-state index is 0.0195. The zero-order valence-corrected chi connectivity index (χ0v) is 25.4. The second kappa shape index (κ2) is 19.5. The highest BCUT2D eigenvalue weighted by Gasteiger charge is 2.34. The van der Waals surface area contributed by atoms with Crippen molar-refractivity contribution in [3.63, 3.8) is 0 Å². The van der Waals surface area contributed by atoms with Crippen LogP contribution in [0.1, 0.15) is 59.8 Å². The lowest BCUT2D eigenvalue weighted by atomic mass is 9.99. The average molecular weight is 635 g/mol. The molecule has 244 valence electrons. The van der Waals surface area contributed by atoms with Crippen molar-refractivity contribution in [1.82, 2.24) is 21.3 Å². The van der Waals surface area contributed by atoms with Crippen molar-refractivity contribution < 1.29 is 48.6 Å². The zero-order valence-electron chi connectivity index (χ0n) is 24.7. The number of hydrogen-bond donors (Lipinski definition) is 8. The molecular formula is C26H43ClN6O10. The van der Waals surface area contributed by atoms with Gasteiger partial charge in [0.05, 0.1) is 24.9 Å². The van der Waals surface area contributed by atoms with E-state index >= 15 is 0 Å². The predicted molar refractivity (Wildman–Crippen MR) is 153 cm³/mol. The molecule has 43 heavy (non-hydrogen) atoms. The number of carbonyl (C=O) groups is 8. The van der Waals surface area contributed by atoms with E-state index in [9.17, 15) is 43.5 Å². The second-order valence-electron chi connectivity index (χ2n) is 10.5. The van der Waals surface area contributed by atoms with Crippen LogP contribution < -0.4 is 32.7 Å². The Labute approximate surface area is 254 Å². The first-order chi connectivity index (χ1) is 20.0. The molecule has 0 aliphatic rings. The van der Waals surface area contributed by atoms with E-state index in [0.29, 0.717) is 6.42 Å². The lowest BCUT2D eigenvalue weighted by Crippen LogP contribution is -2.59. The third kappa shape index (κ3) is 14.4. The Morgan fingerprint density at radius 2 is 1.28 bits per heavy atom. The van der Waals surface area contributed by atoms with E-state index in [-0.39, 0.29) is 31.1 Å². The number of aliphatic hydroxyl groups is 1. The molecule has 0 aromatic heterocycles. The Morgan fingerprint density at radius 3 is 1.74 bits per heavy atom. The molecule has 0 saturated heterocycles. The van der Waals surface area contributed by atoms with Crippen molar-refractivity contribution >= 4 is 58.7 Å². The molecule has 0 radical (unpaired) electrons. The third-order valence-electron chi connectivity index (χ3n) is 6.44. The Balaban J connectivity index is 5.96. The summed E-state index contributed by atoms with van der Waals surface area (Å²) in [5, 5.41) is 28.0. The number of carboxylic acids is 1. The predicted octanol–water partition coefficient (Wildman–Crippen LogP) is -2.55. The zero-order chi connectivity index (χ0) is 33.4. The first-order valence-electron chi connectivity index (χ1n) is 13.7. The number of aliphatic hydroxyl groups excluding tert-OH is 1. The van der Waals surface area contributed by atoms with Gasteiger partial charge in [-0.15, -0.1) is 11.6 Å². The van der Waals surface area contributed by atoms with Gasteiger partial charge in [-0.1, -0.05) is 34.1 Å². The van der Waals surface area contributed by atoms with Crippen LogP contribution in [0.4, 0.5) is 0 Å². The molecule has 0 aromatic carbocycles. The maximum Gasteiger partial charge on any atom is 0.305 e. The van der Waals surface area contributed by atoms with E-state index in [1.165, 1.54) is 0 Å². The van der Waals surface area contributed by atoms with Crippen LogP contribution in [0.15, 0.2) is 0 Å². The summed E-state index contributed by atoms with van der Waals surface area (Å²) in [5.74, 6) is -9.53. The number of nitrogens with one attached hydrogen (secondary N) is 4. The van der Waals surface area contributed by atoms with Gasteiger partial charge in [-0.25, -0.2) is 0 Å². The maximum absolute atomic E-state index is 13.2. The molecule has 5 amide bonds. The molecule has 0 fully saturated rings. The molecule has 0 spiro atoms. The van der Waals surface area contributed by atoms with Crippen LogP contribution >= 0.6 is 11.6 Å². The van der Waals surface area contributed by atoms with Crippen molar-refractivity contribution in [3.05, 3.63) is 0 Å². The smallest absolute Gasteiger partial charge is 0.305 e. The molecule has 0 unspecified atom stereocenters. The highest BCUT2D eigenvalue weighted by molar-refractivity contribution is 6.48. The molecule has 0 aromatic rings. The summed E-state index contributed by atoms with van der Waals surface area (Å²) in [7, 11) is 0. The van der Waals surface area contributed by atoms with Gasteiger partial charge in [-0.05, 0) is 24.7 Å². The van der Waals surface area contributed by atoms with Crippen LogP contribution in [0.2, 0.25) is 0 Å². The fourth-order valence-electron chi connectivity index (χ4n) is 3.69. The number of alkyl halides is 1. The number of carboxylic acid groups (broad SMARTS) is 1. The van der Waals surface area contributed by atoms with E-state index in [1.54, 1.807) is 20.8 Å². The summed E-state index contributed by atoms with van der Waals surface area (Å²) in [6.45, 7) is 6.09. The summed E-state index contributed by atoms with van der Waals surface area (Å²) in [5.41, 5.74) is 11.1. The number of rotatable bonds is 21. The topological polar surface area (TPSA) is 277 Å². The Bertz CT molecular complexity index is 1040. The molecule has 0 saturated carbocycles. The highest BCUT2D eigenvalue weighted by atomic mass is 35.5. The molecule has 0 bridgehead atoms. The van der Waals surface area contributed by atoms with Gasteiger partial charge >= 0.3 is 5.97 Å². The van der Waals surface area contributed by atoms with Crippen molar-refractivity contribution in [2.75, 3.05) is 12.5 Å². The number of Topliss-reactive ketones (excluding diaryl/α,β-unsaturated/α-hetero) is 2. The Morgan fingerprint density at radius 1 is 0.791 bits per heavy atom. The fourth-order valence-corrected chi connectivity index (χ4v) is 3.83. The van der Waals surface area contributed by atoms with Crippen LogP contribution in [0.25, 0.3) is 0 Å². The van der Waals surface area contributed by atoms with Crippen molar-refractivity contribution in [2.45, 2.75) is 90.0 Å². The van der Waals surface area contributed by atoms with Crippen LogP contribution in [0.3, 0.4) is 0 Å². The second-order valence-corrected chi connectivity index (χ2v) is 10.8. The summed E-state index contributed by atoms with van der Waals surface area (Å²) in [4.78, 5) is 98.4. The molecule has 6 atom stereocenters. The first-order valence-corrected chi connectivity index (χ1v) is 14.2. The maximum atomic E-state index is 13.2. The van der Waals surface area contributed by atoms with Gasteiger partial charge in [-0.3, -0.25) is 38.4 Å². The number of hydrogen-bond acceptors (Lipinski definition) is 10. The van der Waals surface area contributed by atoms with E-state index < -0.39 is 96.2 Å². The van der Waals surface area contributed by atoms with Crippen LogP contribution in [0, 0.1) is 11.8 Å². The number of amides is 5. The molecule has 0 rings (SSSR count). The van der Waals surface area contributed by atoms with E-state index in [2.05, 4.69) is 21.3 Å². The quantitative estimate of drug-likeness (QED) is 0.0480. The van der Waals surface area contributed by atoms with Crippen LogP contribution in [0.5, 0.6) is 0 Å². The molecule has 0 aliphatic carbocycles. The Hall–Kier alpha value is -3.63. The lowest BCUT2D eigenvalue weighted by Gasteiger charge is -2.27. The molecule has 0 heterocycles. The minimum Gasteiger partial charge on any atom is -0.481 e. The number of carbonyl (C=O) groups excluding carboxylic acids is 7. The van der Waals surface area contributed by atoms with E-state index in [1.807, 2.05) is 6.92 Å². The van der Waals surface area contributed by atoms with Gasteiger partial charge in [0.2, 0.25) is 41.1 Å². The third-order valence-corrected chi connectivity index (χ3v) is 6.68. The van der Waals surface area contributed by atoms with E-state index in [4.69, 9.17) is 28.2 Å². The van der Waals surface area contributed by atoms with Gasteiger partial charge in [0.25, 0.3) is 0 Å². The summed E-state index contributed by atoms with van der Waals surface area (Å²) in [6.07, 6.45) is -1.08. The number of primary amides is 1. The monoisotopic (exact) mass is 634 g/mol. The number of halogens is 1. The van der Waals surface area contributed by atoms with Gasteiger partial charge in [0.15, 0.2) is 0 Å². The summed E-state index contributed by atoms with van der Waals surface area (Å²) >= 11 is 5.39. The lowest BCUT2D eigenvalue weighted by molar-refractivity contribution is -0.143. The SMILES string of the molecule is CC[C@H](C)[C@H](N)C(=O)N[C@@H](CO)C(=O)N[C@@H](CCC(N)=O)C(=O)N[C@@H](CC(C)C)C(=O)N[C@@H](CC(=O)O)C(=O)C(=O)CCl. The average Bonchev–Trinajstić information content (AvgIpc) is 2.94. The highest BCUT2D eigenvalue weighted by Crippen LogP contribution is 2.09. The van der Waals surface area contributed by atoms with Gasteiger partial charge in [0.1, 0.15) is 24.2 Å². The van der Waals surface area contributed by atoms with Crippen molar-refractivity contribution in [1.29, 1.82) is 0 Å². The molecular weight excluding hydrogens is 592 g/mol. The van der Waals surface area contributed by atoms with Crippen LogP contribution in [-0.2, 0) is 38.4 Å². The van der Waals surface area contributed by atoms with Gasteiger partial charge < -0.3 is 42.9 Å². The van der Waals surface area contributed by atoms with Crippen LogP contribution in [-0.4, -0.2) is 100.0 Å². The van der Waals surface area contributed by atoms with Crippen molar-refractivity contribution in [3.8, 4) is 0 Å².